The lowest BCUT2D eigenvalue weighted by Crippen LogP contribution is -2.12. The molecule has 0 amide bonds. The van der Waals surface area contributed by atoms with Crippen LogP contribution in [0, 0.1) is 18.6 Å². The van der Waals surface area contributed by atoms with Crippen LogP contribution in [0.4, 0.5) is 8.78 Å². The van der Waals surface area contributed by atoms with Gasteiger partial charge in [0.2, 0.25) is 0 Å². The molecule has 0 aliphatic carbocycles. The van der Waals surface area contributed by atoms with Gasteiger partial charge < -0.3 is 14.5 Å². The zero-order chi connectivity index (χ0) is 21.8. The van der Waals surface area contributed by atoms with Crippen molar-refractivity contribution in [3.63, 3.8) is 0 Å². The molecule has 0 spiro atoms. The van der Waals surface area contributed by atoms with Crippen molar-refractivity contribution >= 4 is 17.5 Å². The zero-order valence-corrected chi connectivity index (χ0v) is 17.6. The third-order valence-corrected chi connectivity index (χ3v) is 5.57. The van der Waals surface area contributed by atoms with Gasteiger partial charge in [-0.25, -0.2) is 18.7 Å². The Morgan fingerprint density at radius 1 is 1.23 bits per heavy atom. The van der Waals surface area contributed by atoms with Gasteiger partial charge in [0.15, 0.2) is 5.65 Å². The van der Waals surface area contributed by atoms with Crippen molar-refractivity contribution in [2.75, 3.05) is 7.11 Å². The topological polar surface area (TPSA) is 68.0 Å². The molecule has 1 aromatic carbocycles. The van der Waals surface area contributed by atoms with E-state index >= 15 is 0 Å². The Morgan fingerprint density at radius 2 is 2.00 bits per heavy atom. The van der Waals surface area contributed by atoms with E-state index in [1.54, 1.807) is 0 Å². The minimum absolute atomic E-state index is 0.295. The molecule has 1 atom stereocenters. The van der Waals surface area contributed by atoms with Gasteiger partial charge in [0, 0.05) is 48.9 Å². The number of aryl methyl sites for hydroxylation is 3. The molecule has 30 heavy (non-hydrogen) atoms. The van der Waals surface area contributed by atoms with Crippen LogP contribution in [0.2, 0.25) is 0 Å². The van der Waals surface area contributed by atoms with Crippen LogP contribution in [0.5, 0.6) is 0 Å². The number of carbonyl (C=O) groups excluding carboxylic acids is 1. The molecule has 1 unspecified atom stereocenters. The van der Waals surface area contributed by atoms with Gasteiger partial charge in [0.1, 0.15) is 23.7 Å². The summed E-state index contributed by atoms with van der Waals surface area (Å²) < 4.78 is 30.6. The molecule has 0 saturated carbocycles. The van der Waals surface area contributed by atoms with E-state index in [9.17, 15) is 13.6 Å². The molecule has 5 nitrogen and oxygen atoms in total. The Balaban J connectivity index is 0.00000124. The molecular formula is C23H27F2N3O2. The highest BCUT2D eigenvalue weighted by Gasteiger charge is 2.27. The molecule has 3 aromatic rings. The Morgan fingerprint density at radius 3 is 2.67 bits per heavy atom. The van der Waals surface area contributed by atoms with E-state index in [0.717, 1.165) is 68.6 Å². The lowest BCUT2D eigenvalue weighted by Gasteiger charge is -2.21. The van der Waals surface area contributed by atoms with Crippen LogP contribution in [0.3, 0.4) is 0 Å². The van der Waals surface area contributed by atoms with E-state index in [0.29, 0.717) is 28.9 Å². The van der Waals surface area contributed by atoms with Crippen molar-refractivity contribution in [3.05, 3.63) is 46.9 Å². The third kappa shape index (κ3) is 3.86. The second-order valence-electron chi connectivity index (χ2n) is 7.45. The maximum Gasteiger partial charge on any atom is 0.178 e. The number of halogens is 2. The second kappa shape index (κ2) is 9.43. The maximum atomic E-state index is 14.9. The van der Waals surface area contributed by atoms with Crippen LogP contribution >= 0.6 is 0 Å². The number of pyridine rings is 1. The highest BCUT2D eigenvalue weighted by Crippen LogP contribution is 2.40. The van der Waals surface area contributed by atoms with Crippen molar-refractivity contribution in [2.24, 2.45) is 0 Å². The summed E-state index contributed by atoms with van der Waals surface area (Å²) in [5.41, 5.74) is 3.64. The molecule has 0 radical (unpaired) electrons. The lowest BCUT2D eigenvalue weighted by molar-refractivity contribution is -0.109. The summed E-state index contributed by atoms with van der Waals surface area (Å²) in [7, 11) is 1.00. The number of benzene rings is 1. The van der Waals surface area contributed by atoms with E-state index < -0.39 is 17.6 Å². The summed E-state index contributed by atoms with van der Waals surface area (Å²) in [5, 5.41) is 7.00. The number of rotatable bonds is 5. The van der Waals surface area contributed by atoms with E-state index in [1.807, 2.05) is 13.8 Å². The van der Waals surface area contributed by atoms with Gasteiger partial charge in [-0.15, -0.1) is 0 Å². The Hall–Kier alpha value is -2.67. The Kier molecular flexibility index (Phi) is 6.92. The first kappa shape index (κ1) is 22.0. The fourth-order valence-corrected chi connectivity index (χ4v) is 4.33. The molecule has 1 aliphatic heterocycles. The first-order valence-electron chi connectivity index (χ1n) is 10.3. The number of aromatic nitrogens is 3. The van der Waals surface area contributed by atoms with Crippen LogP contribution in [0.15, 0.2) is 18.2 Å². The monoisotopic (exact) mass is 415 g/mol. The zero-order valence-electron chi connectivity index (χ0n) is 17.6. The summed E-state index contributed by atoms with van der Waals surface area (Å²) in [6, 6.07) is 3.61. The summed E-state index contributed by atoms with van der Waals surface area (Å²) in [6.45, 7) is 4.63. The molecule has 7 heteroatoms. The number of nitrogens with zero attached hydrogens (tertiary/aromatic N) is 3. The summed E-state index contributed by atoms with van der Waals surface area (Å²) in [6.07, 6.45) is 5.30. The van der Waals surface area contributed by atoms with Gasteiger partial charge in [-0.2, -0.15) is 0 Å². The molecule has 4 rings (SSSR count). The molecule has 0 fully saturated rings. The number of aliphatic hydroxyl groups excluding tert-OH is 1. The van der Waals surface area contributed by atoms with Gasteiger partial charge in [-0.1, -0.05) is 13.3 Å². The van der Waals surface area contributed by atoms with Crippen LogP contribution < -0.4 is 0 Å². The Bertz CT molecular complexity index is 1060. The first-order chi connectivity index (χ1) is 14.5. The molecule has 1 N–H and O–H groups in total. The summed E-state index contributed by atoms with van der Waals surface area (Å²) in [5.74, 6) is -0.718. The molecule has 0 saturated heterocycles. The lowest BCUT2D eigenvalue weighted by atomic mass is 9.87. The number of hydrogen-bond acceptors (Lipinski definition) is 4. The number of aldehydes is 1. The predicted molar refractivity (Wildman–Crippen MR) is 112 cm³/mol. The molecule has 160 valence electrons. The van der Waals surface area contributed by atoms with Crippen molar-refractivity contribution in [1.82, 2.24) is 14.5 Å². The number of carbonyl (C=O) groups is 1. The average Bonchev–Trinajstić information content (AvgIpc) is 3.11. The highest BCUT2D eigenvalue weighted by atomic mass is 19.1. The van der Waals surface area contributed by atoms with Crippen LogP contribution in [-0.4, -0.2) is 33.0 Å². The maximum absolute atomic E-state index is 14.9. The Labute approximate surface area is 174 Å². The molecule has 2 aromatic heterocycles. The molecule has 0 bridgehead atoms. The van der Waals surface area contributed by atoms with Gasteiger partial charge in [0.25, 0.3) is 0 Å². The van der Waals surface area contributed by atoms with E-state index in [2.05, 4.69) is 14.5 Å². The SMILES string of the molecule is CCCC(C=O)c1c(C)nc2nc3n(c2c1-c1ccc(F)cc1F)CCCC3.CO. The van der Waals surface area contributed by atoms with Crippen molar-refractivity contribution in [1.29, 1.82) is 0 Å². The van der Waals surface area contributed by atoms with Gasteiger partial charge in [0.05, 0.1) is 5.52 Å². The van der Waals surface area contributed by atoms with Crippen molar-refractivity contribution in [3.8, 4) is 11.1 Å². The summed E-state index contributed by atoms with van der Waals surface area (Å²) in [4.78, 5) is 21.3. The average molecular weight is 415 g/mol. The van der Waals surface area contributed by atoms with E-state index in [1.165, 1.54) is 12.1 Å². The van der Waals surface area contributed by atoms with E-state index in [-0.39, 0.29) is 0 Å². The van der Waals surface area contributed by atoms with Crippen LogP contribution in [0.1, 0.15) is 55.6 Å². The molecule has 1 aliphatic rings. The first-order valence-corrected chi connectivity index (χ1v) is 10.3. The van der Waals surface area contributed by atoms with E-state index in [4.69, 9.17) is 5.11 Å². The van der Waals surface area contributed by atoms with Crippen molar-refractivity contribution < 1.29 is 18.7 Å². The summed E-state index contributed by atoms with van der Waals surface area (Å²) >= 11 is 0. The highest BCUT2D eigenvalue weighted by molar-refractivity contribution is 5.95. The minimum Gasteiger partial charge on any atom is -0.400 e. The van der Waals surface area contributed by atoms with Gasteiger partial charge in [-0.3, -0.25) is 0 Å². The van der Waals surface area contributed by atoms with Crippen molar-refractivity contribution in [2.45, 2.75) is 58.4 Å². The standard InChI is InChI=1S/C22H23F2N3O.CH4O/c1-3-6-14(12-28)19-13(2)25-22-21(27-10-5-4-7-18(27)26-22)20(19)16-9-8-15(23)11-17(16)24;1-2/h8-9,11-12,14H,3-7,10H2,1-2H3;2H,1H3. The molecular weight excluding hydrogens is 388 g/mol. The number of aliphatic hydroxyl groups is 1. The normalized spacial score (nSPS) is 14.1. The number of fused-ring (bicyclic) bond motifs is 3. The third-order valence-electron chi connectivity index (χ3n) is 5.57. The largest absolute Gasteiger partial charge is 0.400 e. The van der Waals surface area contributed by atoms with Gasteiger partial charge >= 0.3 is 0 Å². The predicted octanol–water partition coefficient (Wildman–Crippen LogP) is 4.71. The van der Waals surface area contributed by atoms with Gasteiger partial charge in [-0.05, 0) is 43.9 Å². The fourth-order valence-electron chi connectivity index (χ4n) is 4.33. The quantitative estimate of drug-likeness (QED) is 0.613. The van der Waals surface area contributed by atoms with Crippen LogP contribution in [-0.2, 0) is 17.8 Å². The number of hydrogen-bond donors (Lipinski definition) is 1. The smallest absolute Gasteiger partial charge is 0.178 e. The fraction of sp³-hybridized carbons (Fsp3) is 0.435. The molecule has 3 heterocycles. The second-order valence-corrected chi connectivity index (χ2v) is 7.45. The minimum atomic E-state index is -0.638. The van der Waals surface area contributed by atoms with Crippen LogP contribution in [0.25, 0.3) is 22.3 Å². The number of imidazole rings is 1.